The predicted octanol–water partition coefficient (Wildman–Crippen LogP) is -0.0143. The Morgan fingerprint density at radius 2 is 2.24 bits per heavy atom. The van der Waals surface area contributed by atoms with Gasteiger partial charge in [0.1, 0.15) is 5.82 Å². The third kappa shape index (κ3) is 3.62. The number of amidine groups is 1. The number of nitrogens with two attached hydrogens (primary N) is 1. The number of rotatable bonds is 4. The Kier molecular flexibility index (Phi) is 4.64. The molecule has 2 atom stereocenters. The third-order valence-corrected chi connectivity index (χ3v) is 3.61. The van der Waals surface area contributed by atoms with Crippen LogP contribution in [0.4, 0.5) is 5.82 Å². The molecule has 4 N–H and O–H groups in total. The van der Waals surface area contributed by atoms with Gasteiger partial charge in [-0.1, -0.05) is 5.16 Å². The highest BCUT2D eigenvalue weighted by Gasteiger charge is 2.32. The zero-order valence-corrected chi connectivity index (χ0v) is 12.7. The van der Waals surface area contributed by atoms with Gasteiger partial charge in [-0.2, -0.15) is 0 Å². The van der Waals surface area contributed by atoms with Crippen molar-refractivity contribution in [1.29, 1.82) is 0 Å². The fourth-order valence-electron chi connectivity index (χ4n) is 2.77. The van der Waals surface area contributed by atoms with Crippen LogP contribution in [0.15, 0.2) is 17.3 Å². The number of nitrogens with zero attached hydrogens (tertiary/aromatic N) is 4. The van der Waals surface area contributed by atoms with Gasteiger partial charge in [-0.15, -0.1) is 0 Å². The number of aryl methyl sites for hydroxylation is 1. The smallest absolute Gasteiger partial charge is 0.170 e. The van der Waals surface area contributed by atoms with Crippen LogP contribution in [0.2, 0.25) is 0 Å². The molecule has 7 nitrogen and oxygen atoms in total. The molecule has 0 amide bonds. The molecule has 1 aromatic heterocycles. The number of aliphatic hydroxyl groups is 1. The number of aromatic nitrogens is 1. The Hall–Kier alpha value is -1.86. The van der Waals surface area contributed by atoms with E-state index in [1.54, 1.807) is 12.1 Å². The van der Waals surface area contributed by atoms with E-state index in [2.05, 4.69) is 19.9 Å². The normalized spacial score (nSPS) is 23.1. The van der Waals surface area contributed by atoms with E-state index < -0.39 is 0 Å². The summed E-state index contributed by atoms with van der Waals surface area (Å²) in [6.07, 6.45) is 0.358. The van der Waals surface area contributed by atoms with Crippen molar-refractivity contribution in [3.8, 4) is 0 Å². The Morgan fingerprint density at radius 3 is 2.86 bits per heavy atom. The second-order valence-electron chi connectivity index (χ2n) is 5.80. The average Bonchev–Trinajstić information content (AvgIpc) is 2.77. The molecule has 1 aromatic rings. The lowest BCUT2D eigenvalue weighted by Crippen LogP contribution is -2.38. The number of pyridine rings is 1. The van der Waals surface area contributed by atoms with Crippen molar-refractivity contribution < 1.29 is 10.3 Å². The van der Waals surface area contributed by atoms with Gasteiger partial charge in [0.05, 0.1) is 6.10 Å². The predicted molar refractivity (Wildman–Crippen MR) is 81.8 cm³/mol. The second kappa shape index (κ2) is 6.28. The van der Waals surface area contributed by atoms with E-state index >= 15 is 0 Å². The first-order chi connectivity index (χ1) is 9.90. The highest BCUT2D eigenvalue weighted by atomic mass is 16.4. The molecule has 0 spiro atoms. The molecule has 7 heteroatoms. The number of anilines is 1. The van der Waals surface area contributed by atoms with Crippen molar-refractivity contribution in [3.05, 3.63) is 23.4 Å². The summed E-state index contributed by atoms with van der Waals surface area (Å²) in [7, 11) is 4.02. The van der Waals surface area contributed by atoms with Crippen LogP contribution in [0.3, 0.4) is 0 Å². The molecule has 1 aliphatic rings. The highest BCUT2D eigenvalue weighted by Crippen LogP contribution is 2.26. The summed E-state index contributed by atoms with van der Waals surface area (Å²) in [5.41, 5.74) is 7.09. The topological polar surface area (TPSA) is 98.2 Å². The molecule has 0 aromatic carbocycles. The van der Waals surface area contributed by atoms with Gasteiger partial charge in [0.15, 0.2) is 5.84 Å². The summed E-state index contributed by atoms with van der Waals surface area (Å²) < 4.78 is 0. The number of oxime groups is 1. The maximum Gasteiger partial charge on any atom is 0.170 e. The maximum absolute atomic E-state index is 9.96. The Balaban J connectivity index is 2.33. The maximum atomic E-state index is 9.96. The molecule has 2 rings (SSSR count). The first-order valence-corrected chi connectivity index (χ1v) is 6.96. The van der Waals surface area contributed by atoms with Crippen LogP contribution in [0, 0.1) is 6.92 Å². The van der Waals surface area contributed by atoms with Crippen LogP contribution < -0.4 is 10.6 Å². The summed E-state index contributed by atoms with van der Waals surface area (Å²) in [6, 6.07) is 3.76. The van der Waals surface area contributed by atoms with Crippen molar-refractivity contribution in [3.63, 3.8) is 0 Å². The van der Waals surface area contributed by atoms with E-state index in [9.17, 15) is 5.11 Å². The zero-order chi connectivity index (χ0) is 15.6. The highest BCUT2D eigenvalue weighted by molar-refractivity contribution is 5.97. The second-order valence-corrected chi connectivity index (χ2v) is 5.80. The standard InChI is InChI=1S/C14H23N5O2/c1-9-4-10(14(15)17-21)5-13(16-9)19-8-12(20)6-11(19)7-18(2)3/h4-5,11-12,20-21H,6-8H2,1-3H3,(H2,15,17). The van der Waals surface area contributed by atoms with Gasteiger partial charge in [-0.25, -0.2) is 4.98 Å². The van der Waals surface area contributed by atoms with Crippen LogP contribution in [0.5, 0.6) is 0 Å². The summed E-state index contributed by atoms with van der Waals surface area (Å²) in [6.45, 7) is 3.25. The number of β-amino-alcohol motifs (C(OH)–C–C–N with tert-alkyl or cyclic N) is 1. The van der Waals surface area contributed by atoms with Crippen LogP contribution >= 0.6 is 0 Å². The van der Waals surface area contributed by atoms with E-state index in [0.717, 1.165) is 18.1 Å². The van der Waals surface area contributed by atoms with Crippen LogP contribution in [-0.4, -0.2) is 65.4 Å². The van der Waals surface area contributed by atoms with Crippen LogP contribution in [0.25, 0.3) is 0 Å². The molecular formula is C14H23N5O2. The first kappa shape index (κ1) is 15.5. The minimum Gasteiger partial charge on any atom is -0.409 e. The van der Waals surface area contributed by atoms with Gasteiger partial charge < -0.3 is 25.8 Å². The number of hydrogen-bond acceptors (Lipinski definition) is 6. The molecule has 116 valence electrons. The fraction of sp³-hybridized carbons (Fsp3) is 0.571. The van der Waals surface area contributed by atoms with E-state index in [1.165, 1.54) is 0 Å². The minimum absolute atomic E-state index is 0.0608. The van der Waals surface area contributed by atoms with Crippen molar-refractivity contribution in [2.75, 3.05) is 32.1 Å². The average molecular weight is 293 g/mol. The van der Waals surface area contributed by atoms with Crippen LogP contribution in [-0.2, 0) is 0 Å². The SMILES string of the molecule is Cc1cc(/C(N)=N/O)cc(N2CC(O)CC2CN(C)C)n1. The molecule has 1 saturated heterocycles. The number of hydrogen-bond donors (Lipinski definition) is 3. The van der Waals surface area contributed by atoms with Gasteiger partial charge in [0, 0.05) is 30.4 Å². The quantitative estimate of drug-likeness (QED) is 0.312. The Bertz CT molecular complexity index is 532. The Morgan fingerprint density at radius 1 is 1.52 bits per heavy atom. The minimum atomic E-state index is -0.357. The summed E-state index contributed by atoms with van der Waals surface area (Å²) in [4.78, 5) is 8.71. The molecule has 2 unspecified atom stereocenters. The summed E-state index contributed by atoms with van der Waals surface area (Å²) in [5.74, 6) is 0.811. The van der Waals surface area contributed by atoms with Gasteiger partial charge in [0.25, 0.3) is 0 Å². The lowest BCUT2D eigenvalue weighted by Gasteiger charge is -2.28. The van der Waals surface area contributed by atoms with Crippen molar-refractivity contribution in [2.45, 2.75) is 25.5 Å². The van der Waals surface area contributed by atoms with Gasteiger partial charge in [0.2, 0.25) is 0 Å². The fourth-order valence-corrected chi connectivity index (χ4v) is 2.77. The molecule has 1 aliphatic heterocycles. The number of likely N-dealkylation sites (N-methyl/N-ethyl adjacent to an activating group) is 1. The van der Waals surface area contributed by atoms with Gasteiger partial charge in [-0.3, -0.25) is 0 Å². The van der Waals surface area contributed by atoms with E-state index in [1.807, 2.05) is 21.0 Å². The summed E-state index contributed by atoms with van der Waals surface area (Å²) >= 11 is 0. The zero-order valence-electron chi connectivity index (χ0n) is 12.7. The molecule has 2 heterocycles. The Labute approximate surface area is 124 Å². The number of aliphatic hydroxyl groups excluding tert-OH is 1. The summed E-state index contributed by atoms with van der Waals surface area (Å²) in [5, 5.41) is 21.8. The molecule has 0 bridgehead atoms. The van der Waals surface area contributed by atoms with Crippen LogP contribution in [0.1, 0.15) is 17.7 Å². The molecule has 1 fully saturated rings. The largest absolute Gasteiger partial charge is 0.409 e. The van der Waals surface area contributed by atoms with Crippen molar-refractivity contribution >= 4 is 11.7 Å². The molecule has 0 saturated carbocycles. The monoisotopic (exact) mass is 293 g/mol. The molecule has 0 radical (unpaired) electrons. The first-order valence-electron chi connectivity index (χ1n) is 6.96. The van der Waals surface area contributed by atoms with Crippen molar-refractivity contribution in [2.24, 2.45) is 10.9 Å². The van der Waals surface area contributed by atoms with E-state index in [4.69, 9.17) is 10.9 Å². The van der Waals surface area contributed by atoms with Gasteiger partial charge >= 0.3 is 0 Å². The lowest BCUT2D eigenvalue weighted by atomic mass is 10.1. The molecule has 21 heavy (non-hydrogen) atoms. The third-order valence-electron chi connectivity index (χ3n) is 3.61. The van der Waals surface area contributed by atoms with Gasteiger partial charge in [-0.05, 0) is 39.6 Å². The van der Waals surface area contributed by atoms with E-state index in [0.29, 0.717) is 18.5 Å². The van der Waals surface area contributed by atoms with Crippen molar-refractivity contribution in [1.82, 2.24) is 9.88 Å². The van der Waals surface area contributed by atoms with E-state index in [-0.39, 0.29) is 18.0 Å². The molecule has 0 aliphatic carbocycles. The molecular weight excluding hydrogens is 270 g/mol. The lowest BCUT2D eigenvalue weighted by molar-refractivity contribution is 0.191.